The first-order valence-electron chi connectivity index (χ1n) is 7.66. The standard InChI is InChI=1S/C18H22N2O2/c1-3-13(2)20-17(21)10-11-19-18(22)16-9-8-14-6-4-5-7-15(14)12-16/h4-9,12-13H,3,10-11H2,1-2H3,(H,19,22)(H,20,21). The van der Waals surface area contributed by atoms with E-state index in [1.807, 2.05) is 50.2 Å². The van der Waals surface area contributed by atoms with Crippen molar-refractivity contribution < 1.29 is 9.59 Å². The predicted molar refractivity (Wildman–Crippen MR) is 88.8 cm³/mol. The molecule has 0 radical (unpaired) electrons. The number of hydrogen-bond acceptors (Lipinski definition) is 2. The van der Waals surface area contributed by atoms with Gasteiger partial charge in [0.15, 0.2) is 0 Å². The van der Waals surface area contributed by atoms with Crippen molar-refractivity contribution in [1.29, 1.82) is 0 Å². The first-order valence-corrected chi connectivity index (χ1v) is 7.66. The summed E-state index contributed by atoms with van der Waals surface area (Å²) >= 11 is 0. The SMILES string of the molecule is CCC(C)NC(=O)CCNC(=O)c1ccc2ccccc2c1. The van der Waals surface area contributed by atoms with E-state index in [0.29, 0.717) is 18.5 Å². The van der Waals surface area contributed by atoms with E-state index in [-0.39, 0.29) is 17.9 Å². The number of hydrogen-bond donors (Lipinski definition) is 2. The van der Waals surface area contributed by atoms with Gasteiger partial charge in [0, 0.05) is 24.6 Å². The maximum absolute atomic E-state index is 12.1. The van der Waals surface area contributed by atoms with Crippen LogP contribution in [0.4, 0.5) is 0 Å². The van der Waals surface area contributed by atoms with Crippen LogP contribution in [0, 0.1) is 0 Å². The molecule has 0 spiro atoms. The molecule has 1 unspecified atom stereocenters. The maximum atomic E-state index is 12.1. The molecule has 0 aromatic heterocycles. The Balaban J connectivity index is 1.87. The van der Waals surface area contributed by atoms with Crippen LogP contribution in [0.2, 0.25) is 0 Å². The Hall–Kier alpha value is -2.36. The Morgan fingerprint density at radius 2 is 1.82 bits per heavy atom. The summed E-state index contributed by atoms with van der Waals surface area (Å²) in [6.07, 6.45) is 1.19. The van der Waals surface area contributed by atoms with Crippen molar-refractivity contribution in [3.05, 3.63) is 48.0 Å². The lowest BCUT2D eigenvalue weighted by atomic mass is 10.1. The van der Waals surface area contributed by atoms with Gasteiger partial charge < -0.3 is 10.6 Å². The highest BCUT2D eigenvalue weighted by Gasteiger charge is 2.08. The van der Waals surface area contributed by atoms with Crippen LogP contribution >= 0.6 is 0 Å². The lowest BCUT2D eigenvalue weighted by Gasteiger charge is -2.11. The molecule has 4 nitrogen and oxygen atoms in total. The number of nitrogens with one attached hydrogen (secondary N) is 2. The van der Waals surface area contributed by atoms with Crippen molar-refractivity contribution >= 4 is 22.6 Å². The first-order chi connectivity index (χ1) is 10.6. The van der Waals surface area contributed by atoms with Gasteiger partial charge in [0.05, 0.1) is 0 Å². The highest BCUT2D eigenvalue weighted by Crippen LogP contribution is 2.15. The molecule has 2 rings (SSSR count). The molecule has 116 valence electrons. The average molecular weight is 298 g/mol. The van der Waals surface area contributed by atoms with Gasteiger partial charge >= 0.3 is 0 Å². The molecule has 0 saturated carbocycles. The van der Waals surface area contributed by atoms with E-state index in [1.54, 1.807) is 6.07 Å². The summed E-state index contributed by atoms with van der Waals surface area (Å²) in [5.74, 6) is -0.185. The first kappa shape index (κ1) is 16.0. The summed E-state index contributed by atoms with van der Waals surface area (Å²) in [6.45, 7) is 4.33. The van der Waals surface area contributed by atoms with E-state index in [1.165, 1.54) is 0 Å². The zero-order valence-electron chi connectivity index (χ0n) is 13.1. The van der Waals surface area contributed by atoms with Crippen LogP contribution in [0.25, 0.3) is 10.8 Å². The third kappa shape index (κ3) is 4.32. The zero-order valence-corrected chi connectivity index (χ0v) is 13.1. The Bertz CT molecular complexity index is 667. The van der Waals surface area contributed by atoms with E-state index in [0.717, 1.165) is 17.2 Å². The van der Waals surface area contributed by atoms with Crippen LogP contribution in [0.1, 0.15) is 37.0 Å². The van der Waals surface area contributed by atoms with E-state index in [4.69, 9.17) is 0 Å². The second kappa shape index (κ2) is 7.59. The molecule has 0 fully saturated rings. The van der Waals surface area contributed by atoms with Gasteiger partial charge in [0.1, 0.15) is 0 Å². The molecule has 0 bridgehead atoms. The van der Waals surface area contributed by atoms with Crippen molar-refractivity contribution in [1.82, 2.24) is 10.6 Å². The third-order valence-corrected chi connectivity index (χ3v) is 3.67. The van der Waals surface area contributed by atoms with E-state index in [9.17, 15) is 9.59 Å². The lowest BCUT2D eigenvalue weighted by Crippen LogP contribution is -2.35. The van der Waals surface area contributed by atoms with Crippen LogP contribution in [0.15, 0.2) is 42.5 Å². The molecule has 1 atom stereocenters. The lowest BCUT2D eigenvalue weighted by molar-refractivity contribution is -0.121. The highest BCUT2D eigenvalue weighted by molar-refractivity contribution is 5.98. The Morgan fingerprint density at radius 1 is 1.09 bits per heavy atom. The fourth-order valence-electron chi connectivity index (χ4n) is 2.17. The summed E-state index contributed by atoms with van der Waals surface area (Å²) in [5.41, 5.74) is 0.612. The summed E-state index contributed by atoms with van der Waals surface area (Å²) in [7, 11) is 0. The minimum atomic E-state index is -0.151. The van der Waals surface area contributed by atoms with Crippen molar-refractivity contribution in [2.45, 2.75) is 32.7 Å². The average Bonchev–Trinajstić information content (AvgIpc) is 2.54. The molecule has 0 heterocycles. The number of carbonyl (C=O) groups is 2. The molecule has 2 amide bonds. The van der Waals surface area contributed by atoms with E-state index >= 15 is 0 Å². The van der Waals surface area contributed by atoms with Crippen LogP contribution in [-0.4, -0.2) is 24.4 Å². The van der Waals surface area contributed by atoms with Crippen molar-refractivity contribution in [3.63, 3.8) is 0 Å². The fourth-order valence-corrected chi connectivity index (χ4v) is 2.17. The quantitative estimate of drug-likeness (QED) is 0.861. The molecule has 0 saturated heterocycles. The van der Waals surface area contributed by atoms with Gasteiger partial charge in [-0.25, -0.2) is 0 Å². The van der Waals surface area contributed by atoms with Gasteiger partial charge in [-0.05, 0) is 36.2 Å². The Kier molecular flexibility index (Phi) is 5.53. The predicted octanol–water partition coefficient (Wildman–Crippen LogP) is 2.87. The molecular weight excluding hydrogens is 276 g/mol. The van der Waals surface area contributed by atoms with Crippen molar-refractivity contribution in [2.24, 2.45) is 0 Å². The fraction of sp³-hybridized carbons (Fsp3) is 0.333. The van der Waals surface area contributed by atoms with Crippen LogP contribution < -0.4 is 10.6 Å². The van der Waals surface area contributed by atoms with Gasteiger partial charge in [-0.1, -0.05) is 37.3 Å². The largest absolute Gasteiger partial charge is 0.354 e. The molecule has 0 aliphatic carbocycles. The summed E-state index contributed by atoms with van der Waals surface area (Å²) in [6, 6.07) is 13.7. The monoisotopic (exact) mass is 298 g/mol. The molecule has 22 heavy (non-hydrogen) atoms. The maximum Gasteiger partial charge on any atom is 0.251 e. The second-order valence-corrected chi connectivity index (χ2v) is 5.44. The van der Waals surface area contributed by atoms with Gasteiger partial charge in [-0.3, -0.25) is 9.59 Å². The molecule has 0 aliphatic rings. The number of rotatable bonds is 6. The Morgan fingerprint density at radius 3 is 2.55 bits per heavy atom. The normalized spacial score (nSPS) is 11.9. The molecule has 0 aliphatic heterocycles. The van der Waals surface area contributed by atoms with Crippen molar-refractivity contribution in [2.75, 3.05) is 6.54 Å². The molecule has 2 aromatic carbocycles. The van der Waals surface area contributed by atoms with Crippen LogP contribution in [-0.2, 0) is 4.79 Å². The van der Waals surface area contributed by atoms with Gasteiger partial charge in [0.2, 0.25) is 5.91 Å². The minimum Gasteiger partial charge on any atom is -0.354 e. The zero-order chi connectivity index (χ0) is 15.9. The number of benzene rings is 2. The Labute approximate surface area is 130 Å². The summed E-state index contributed by atoms with van der Waals surface area (Å²) < 4.78 is 0. The minimum absolute atomic E-state index is 0.0341. The third-order valence-electron chi connectivity index (χ3n) is 3.67. The number of fused-ring (bicyclic) bond motifs is 1. The van der Waals surface area contributed by atoms with Crippen LogP contribution in [0.3, 0.4) is 0 Å². The summed E-state index contributed by atoms with van der Waals surface area (Å²) in [4.78, 5) is 23.7. The molecule has 4 heteroatoms. The second-order valence-electron chi connectivity index (χ2n) is 5.44. The van der Waals surface area contributed by atoms with E-state index < -0.39 is 0 Å². The van der Waals surface area contributed by atoms with Crippen molar-refractivity contribution in [3.8, 4) is 0 Å². The molecule has 2 aromatic rings. The molecular formula is C18H22N2O2. The van der Waals surface area contributed by atoms with Gasteiger partial charge in [-0.2, -0.15) is 0 Å². The molecule has 2 N–H and O–H groups in total. The smallest absolute Gasteiger partial charge is 0.251 e. The highest BCUT2D eigenvalue weighted by atomic mass is 16.2. The van der Waals surface area contributed by atoms with Crippen LogP contribution in [0.5, 0.6) is 0 Å². The summed E-state index contributed by atoms with van der Waals surface area (Å²) in [5, 5.41) is 7.80. The number of carbonyl (C=O) groups excluding carboxylic acids is 2. The topological polar surface area (TPSA) is 58.2 Å². The number of amides is 2. The van der Waals surface area contributed by atoms with E-state index in [2.05, 4.69) is 10.6 Å². The van der Waals surface area contributed by atoms with Gasteiger partial charge in [-0.15, -0.1) is 0 Å². The van der Waals surface area contributed by atoms with Gasteiger partial charge in [0.25, 0.3) is 5.91 Å².